The van der Waals surface area contributed by atoms with Crippen LogP contribution in [0.15, 0.2) is 48.8 Å². The summed E-state index contributed by atoms with van der Waals surface area (Å²) < 4.78 is 32.3. The fraction of sp³-hybridized carbons (Fsp3) is 0.391. The number of morpholine rings is 1. The molecule has 9 nitrogen and oxygen atoms in total. The van der Waals surface area contributed by atoms with Gasteiger partial charge in [0, 0.05) is 31.0 Å². The Balaban J connectivity index is 1.39. The van der Waals surface area contributed by atoms with Gasteiger partial charge in [0.2, 0.25) is 18.0 Å². The zero-order chi connectivity index (χ0) is 22.8. The van der Waals surface area contributed by atoms with Crippen molar-refractivity contribution in [3.63, 3.8) is 0 Å². The van der Waals surface area contributed by atoms with Gasteiger partial charge in [0.25, 0.3) is 0 Å². The average Bonchev–Trinajstić information content (AvgIpc) is 3.31. The van der Waals surface area contributed by atoms with Crippen molar-refractivity contribution in [2.24, 2.45) is 5.41 Å². The molecule has 0 unspecified atom stereocenters. The first-order valence-electron chi connectivity index (χ1n) is 10.8. The minimum atomic E-state index is -0.821. The second-order valence-corrected chi connectivity index (χ2v) is 8.34. The van der Waals surface area contributed by atoms with E-state index in [0.717, 1.165) is 5.56 Å². The lowest BCUT2D eigenvalue weighted by Gasteiger charge is -2.39. The van der Waals surface area contributed by atoms with Crippen LogP contribution in [0.2, 0.25) is 0 Å². The van der Waals surface area contributed by atoms with Gasteiger partial charge in [-0.25, -0.2) is 14.1 Å². The van der Waals surface area contributed by atoms with Gasteiger partial charge >= 0.3 is 0 Å². The molecule has 2 aliphatic heterocycles. The molecule has 2 fully saturated rings. The van der Waals surface area contributed by atoms with Gasteiger partial charge in [0.05, 0.1) is 37.5 Å². The lowest BCUT2D eigenvalue weighted by Crippen LogP contribution is -2.53. The van der Waals surface area contributed by atoms with Gasteiger partial charge in [-0.1, -0.05) is 0 Å². The minimum Gasteiger partial charge on any atom is -0.378 e. The first kappa shape index (κ1) is 21.6. The third kappa shape index (κ3) is 4.37. The predicted octanol–water partition coefficient (Wildman–Crippen LogP) is 2.38. The Morgan fingerprint density at radius 3 is 2.39 bits per heavy atom. The molecule has 1 aromatic carbocycles. The summed E-state index contributed by atoms with van der Waals surface area (Å²) in [5, 5.41) is 4.59. The maximum absolute atomic E-state index is 13.5. The molecular weight excluding hydrogens is 429 g/mol. The number of carbonyl (C=O) groups excluding carboxylic acids is 1. The molecule has 10 heteroatoms. The normalized spacial score (nSPS) is 23.5. The molecule has 0 spiro atoms. The Kier molecular flexibility index (Phi) is 5.88. The highest BCUT2D eigenvalue weighted by molar-refractivity contribution is 5.83. The Labute approximate surface area is 190 Å². The zero-order valence-corrected chi connectivity index (χ0v) is 18.2. The van der Waals surface area contributed by atoms with Crippen molar-refractivity contribution in [1.29, 1.82) is 0 Å². The number of rotatable bonds is 4. The van der Waals surface area contributed by atoms with Crippen molar-refractivity contribution < 1.29 is 23.4 Å². The maximum Gasteiger partial charge on any atom is 0.233 e. The highest BCUT2D eigenvalue weighted by atomic mass is 19.1. The third-order valence-corrected chi connectivity index (χ3v) is 5.77. The quantitative estimate of drug-likeness (QED) is 0.599. The molecule has 0 radical (unpaired) electrons. The topological polar surface area (TPSA) is 91.6 Å². The number of aromatic nitrogens is 4. The average molecular weight is 453 g/mol. The van der Waals surface area contributed by atoms with Crippen LogP contribution in [0.1, 0.15) is 19.0 Å². The van der Waals surface area contributed by atoms with E-state index in [1.54, 1.807) is 34.1 Å². The van der Waals surface area contributed by atoms with E-state index >= 15 is 0 Å². The summed E-state index contributed by atoms with van der Waals surface area (Å²) in [5.74, 6) is 0.523. The Morgan fingerprint density at radius 1 is 1.06 bits per heavy atom. The highest BCUT2D eigenvalue weighted by Crippen LogP contribution is 2.33. The summed E-state index contributed by atoms with van der Waals surface area (Å²) in [6.07, 6.45) is 2.50. The second-order valence-electron chi connectivity index (χ2n) is 8.34. The first-order valence-corrected chi connectivity index (χ1v) is 10.8. The lowest BCUT2D eigenvalue weighted by molar-refractivity contribution is -0.235. The van der Waals surface area contributed by atoms with Gasteiger partial charge < -0.3 is 19.1 Å². The molecule has 2 aliphatic rings. The van der Waals surface area contributed by atoms with Gasteiger partial charge in [0.15, 0.2) is 5.82 Å². The Morgan fingerprint density at radius 2 is 1.73 bits per heavy atom. The molecule has 1 amide bonds. The van der Waals surface area contributed by atoms with Crippen LogP contribution >= 0.6 is 0 Å². The molecule has 0 N–H and O–H groups in total. The van der Waals surface area contributed by atoms with Gasteiger partial charge in [-0.05, 0) is 43.3 Å². The molecule has 0 aliphatic carbocycles. The van der Waals surface area contributed by atoms with Gasteiger partial charge in [-0.2, -0.15) is 0 Å². The maximum atomic E-state index is 13.5. The summed E-state index contributed by atoms with van der Waals surface area (Å²) in [6.45, 7) is 4.41. The fourth-order valence-electron chi connectivity index (χ4n) is 3.91. The van der Waals surface area contributed by atoms with Crippen LogP contribution in [-0.4, -0.2) is 70.1 Å². The molecule has 5 rings (SSSR count). The Hall–Kier alpha value is -3.21. The van der Waals surface area contributed by atoms with Crippen LogP contribution in [0.3, 0.4) is 0 Å². The second kappa shape index (κ2) is 8.97. The van der Waals surface area contributed by atoms with E-state index in [-0.39, 0.29) is 24.9 Å². The van der Waals surface area contributed by atoms with Crippen molar-refractivity contribution in [3.05, 3.63) is 60.4 Å². The van der Waals surface area contributed by atoms with E-state index in [1.165, 1.54) is 12.1 Å². The van der Waals surface area contributed by atoms with E-state index in [2.05, 4.69) is 15.1 Å². The van der Waals surface area contributed by atoms with Gasteiger partial charge in [-0.15, -0.1) is 5.10 Å². The zero-order valence-electron chi connectivity index (χ0n) is 18.2. The Bertz CT molecular complexity index is 1110. The van der Waals surface area contributed by atoms with Gasteiger partial charge in [0.1, 0.15) is 5.82 Å². The number of amides is 1. The number of pyridine rings is 1. The largest absolute Gasteiger partial charge is 0.378 e. The summed E-state index contributed by atoms with van der Waals surface area (Å²) in [6, 6.07) is 9.60. The highest BCUT2D eigenvalue weighted by Gasteiger charge is 2.43. The van der Waals surface area contributed by atoms with E-state index < -0.39 is 11.7 Å². The lowest BCUT2D eigenvalue weighted by atomic mass is 9.90. The molecular formula is C23H24FN5O4. The molecule has 2 saturated heterocycles. The van der Waals surface area contributed by atoms with Crippen molar-refractivity contribution in [1.82, 2.24) is 24.6 Å². The molecule has 172 valence electrons. The monoisotopic (exact) mass is 453 g/mol. The van der Waals surface area contributed by atoms with E-state index in [1.807, 2.05) is 19.1 Å². The summed E-state index contributed by atoms with van der Waals surface area (Å²) in [4.78, 5) is 23.5. The van der Waals surface area contributed by atoms with Crippen molar-refractivity contribution >= 4 is 5.91 Å². The number of halogens is 1. The number of carbonyl (C=O) groups is 1. The van der Waals surface area contributed by atoms with Crippen molar-refractivity contribution in [3.8, 4) is 17.1 Å². The van der Waals surface area contributed by atoms with E-state index in [0.29, 0.717) is 43.6 Å². The molecule has 33 heavy (non-hydrogen) atoms. The number of hydrogen-bond acceptors (Lipinski definition) is 7. The number of hydrogen-bond donors (Lipinski definition) is 0. The minimum absolute atomic E-state index is 0.00785. The SMILES string of the molecule is CC1(C(=O)N2CCOCC2)COC(c2nc(-c3ccncc3)n(-c3ccc(F)cc3)n2)OC1. The van der Waals surface area contributed by atoms with Crippen LogP contribution in [0.5, 0.6) is 0 Å². The van der Waals surface area contributed by atoms with Crippen molar-refractivity contribution in [2.45, 2.75) is 13.2 Å². The molecule has 2 aromatic heterocycles. The summed E-state index contributed by atoms with van der Waals surface area (Å²) in [7, 11) is 0. The smallest absolute Gasteiger partial charge is 0.233 e. The first-order chi connectivity index (χ1) is 16.0. The van der Waals surface area contributed by atoms with Crippen LogP contribution in [0, 0.1) is 11.2 Å². The van der Waals surface area contributed by atoms with Gasteiger partial charge in [-0.3, -0.25) is 9.78 Å². The van der Waals surface area contributed by atoms with Crippen molar-refractivity contribution in [2.75, 3.05) is 39.5 Å². The third-order valence-electron chi connectivity index (χ3n) is 5.77. The van der Waals surface area contributed by atoms with Crippen LogP contribution in [-0.2, 0) is 19.0 Å². The number of benzene rings is 1. The summed E-state index contributed by atoms with van der Waals surface area (Å²) >= 11 is 0. The molecule has 4 heterocycles. The summed E-state index contributed by atoms with van der Waals surface area (Å²) in [5.41, 5.74) is 0.641. The van der Waals surface area contributed by atoms with E-state index in [9.17, 15) is 9.18 Å². The van der Waals surface area contributed by atoms with E-state index in [4.69, 9.17) is 14.2 Å². The number of ether oxygens (including phenoxy) is 3. The molecule has 0 saturated carbocycles. The van der Waals surface area contributed by atoms with Crippen LogP contribution in [0.25, 0.3) is 17.1 Å². The van der Waals surface area contributed by atoms with Crippen LogP contribution < -0.4 is 0 Å². The number of nitrogens with zero attached hydrogens (tertiary/aromatic N) is 5. The van der Waals surface area contributed by atoms with Crippen LogP contribution in [0.4, 0.5) is 4.39 Å². The molecule has 0 atom stereocenters. The fourth-order valence-corrected chi connectivity index (χ4v) is 3.91. The standard InChI is InChI=1S/C23H24FN5O4/c1-23(22(30)28-10-12-31-13-11-28)14-32-21(33-15-23)19-26-20(16-6-8-25-9-7-16)29(27-19)18-4-2-17(24)3-5-18/h2-9,21H,10-15H2,1H3. The molecule has 0 bridgehead atoms. The molecule has 3 aromatic rings. The predicted molar refractivity (Wildman–Crippen MR) is 115 cm³/mol.